The molecule has 1 fully saturated rings. The summed E-state index contributed by atoms with van der Waals surface area (Å²) in [5.74, 6) is 5.57. The second-order valence-corrected chi connectivity index (χ2v) is 5.80. The summed E-state index contributed by atoms with van der Waals surface area (Å²) in [6, 6.07) is 0. The molecule has 1 rings (SSSR count). The number of hydrogen-bond donors (Lipinski definition) is 0. The van der Waals surface area contributed by atoms with E-state index in [1.807, 2.05) is 0 Å². The van der Waals surface area contributed by atoms with Crippen LogP contribution in [0.3, 0.4) is 0 Å². The van der Waals surface area contributed by atoms with Gasteiger partial charge in [-0.2, -0.15) is 0 Å². The maximum absolute atomic E-state index is 2.46. The van der Waals surface area contributed by atoms with Crippen molar-refractivity contribution >= 4 is 0 Å². The number of hydrogen-bond acceptors (Lipinski definition) is 0. The minimum Gasteiger partial charge on any atom is -0.0625 e. The summed E-state index contributed by atoms with van der Waals surface area (Å²) in [5, 5.41) is 0. The predicted molar refractivity (Wildman–Crippen MR) is 59.6 cm³/mol. The monoisotopic (exact) mass is 182 g/mol. The molecule has 13 heavy (non-hydrogen) atoms. The molecule has 0 spiro atoms. The molecule has 0 N–H and O–H groups in total. The molecule has 78 valence electrons. The molecule has 0 amide bonds. The summed E-state index contributed by atoms with van der Waals surface area (Å²) in [5.41, 5.74) is 0. The Hall–Kier alpha value is 0. The van der Waals surface area contributed by atoms with Crippen LogP contribution >= 0.6 is 0 Å². The third-order valence-corrected chi connectivity index (χ3v) is 4.27. The van der Waals surface area contributed by atoms with Crippen molar-refractivity contribution in [2.75, 3.05) is 0 Å². The summed E-state index contributed by atoms with van der Waals surface area (Å²) in [7, 11) is 0. The largest absolute Gasteiger partial charge is 0.0625 e. The van der Waals surface area contributed by atoms with E-state index in [1.165, 1.54) is 6.42 Å². The van der Waals surface area contributed by atoms with Crippen LogP contribution < -0.4 is 0 Å². The van der Waals surface area contributed by atoms with E-state index in [-0.39, 0.29) is 0 Å². The van der Waals surface area contributed by atoms with Crippen molar-refractivity contribution in [2.24, 2.45) is 35.5 Å². The first-order valence-corrected chi connectivity index (χ1v) is 5.95. The van der Waals surface area contributed by atoms with Crippen molar-refractivity contribution in [3.05, 3.63) is 0 Å². The second-order valence-electron chi connectivity index (χ2n) is 5.80. The second kappa shape index (κ2) is 4.02. The highest BCUT2D eigenvalue weighted by molar-refractivity contribution is 4.89. The van der Waals surface area contributed by atoms with Crippen LogP contribution in [0.5, 0.6) is 0 Å². The van der Waals surface area contributed by atoms with Crippen LogP contribution in [0.15, 0.2) is 0 Å². The lowest BCUT2D eigenvalue weighted by molar-refractivity contribution is 0.193. The molecule has 0 aromatic rings. The first-order chi connectivity index (χ1) is 5.95. The summed E-state index contributed by atoms with van der Waals surface area (Å²) in [4.78, 5) is 0. The van der Waals surface area contributed by atoms with Crippen LogP contribution in [0.4, 0.5) is 0 Å². The van der Waals surface area contributed by atoms with Gasteiger partial charge in [0, 0.05) is 0 Å². The first-order valence-electron chi connectivity index (χ1n) is 5.95. The molecule has 1 aliphatic rings. The van der Waals surface area contributed by atoms with Crippen molar-refractivity contribution in [1.82, 2.24) is 0 Å². The van der Waals surface area contributed by atoms with Crippen molar-refractivity contribution in [3.63, 3.8) is 0 Å². The minimum absolute atomic E-state index is 0.868. The highest BCUT2D eigenvalue weighted by atomic mass is 14.5. The van der Waals surface area contributed by atoms with Crippen LogP contribution in [-0.4, -0.2) is 0 Å². The molecule has 1 saturated carbocycles. The Bertz CT molecular complexity index is 157. The van der Waals surface area contributed by atoms with Gasteiger partial charge in [-0.15, -0.1) is 0 Å². The fourth-order valence-electron chi connectivity index (χ4n) is 3.39. The van der Waals surface area contributed by atoms with Gasteiger partial charge in [0.05, 0.1) is 0 Å². The fourth-order valence-corrected chi connectivity index (χ4v) is 3.39. The van der Waals surface area contributed by atoms with E-state index < -0.39 is 0 Å². The molecule has 0 saturated heterocycles. The zero-order chi connectivity index (χ0) is 10.2. The maximum Gasteiger partial charge on any atom is -0.0332 e. The van der Waals surface area contributed by atoms with E-state index in [2.05, 4.69) is 41.5 Å². The average Bonchev–Trinajstić information content (AvgIpc) is 2.28. The minimum atomic E-state index is 0.868. The standard InChI is InChI=1S/C13H26/c1-8(2)12-7-10(5)11(6)13(12)9(3)4/h8-13H,7H2,1-6H3. The van der Waals surface area contributed by atoms with Gasteiger partial charge < -0.3 is 0 Å². The van der Waals surface area contributed by atoms with E-state index in [0.717, 1.165) is 35.5 Å². The van der Waals surface area contributed by atoms with E-state index in [4.69, 9.17) is 0 Å². The van der Waals surface area contributed by atoms with Crippen molar-refractivity contribution in [1.29, 1.82) is 0 Å². The van der Waals surface area contributed by atoms with Gasteiger partial charge in [0.2, 0.25) is 0 Å². The predicted octanol–water partition coefficient (Wildman–Crippen LogP) is 4.21. The van der Waals surface area contributed by atoms with E-state index in [1.54, 1.807) is 0 Å². The molecule has 1 aliphatic carbocycles. The quantitative estimate of drug-likeness (QED) is 0.600. The van der Waals surface area contributed by atoms with E-state index >= 15 is 0 Å². The summed E-state index contributed by atoms with van der Waals surface area (Å²) in [6.07, 6.45) is 1.46. The van der Waals surface area contributed by atoms with Gasteiger partial charge >= 0.3 is 0 Å². The van der Waals surface area contributed by atoms with Gasteiger partial charge in [0.25, 0.3) is 0 Å². The molecule has 0 aromatic heterocycles. The molecule has 0 heteroatoms. The molecule has 0 aliphatic heterocycles. The Morgan fingerprint density at radius 3 is 1.77 bits per heavy atom. The molecule has 0 aromatic carbocycles. The van der Waals surface area contributed by atoms with Gasteiger partial charge in [-0.25, -0.2) is 0 Å². The zero-order valence-corrected chi connectivity index (χ0v) is 10.2. The highest BCUT2D eigenvalue weighted by Gasteiger charge is 2.40. The summed E-state index contributed by atoms with van der Waals surface area (Å²) < 4.78 is 0. The molecule has 0 bridgehead atoms. The highest BCUT2D eigenvalue weighted by Crippen LogP contribution is 2.47. The third kappa shape index (κ3) is 2.08. The van der Waals surface area contributed by atoms with Gasteiger partial charge in [0.15, 0.2) is 0 Å². The molecule has 4 unspecified atom stereocenters. The molecule has 0 nitrogen and oxygen atoms in total. The van der Waals surface area contributed by atoms with Crippen LogP contribution in [-0.2, 0) is 0 Å². The van der Waals surface area contributed by atoms with Crippen molar-refractivity contribution < 1.29 is 0 Å². The molecule has 0 heterocycles. The third-order valence-electron chi connectivity index (χ3n) is 4.27. The lowest BCUT2D eigenvalue weighted by Gasteiger charge is -2.29. The van der Waals surface area contributed by atoms with Crippen LogP contribution in [0.2, 0.25) is 0 Å². The zero-order valence-electron chi connectivity index (χ0n) is 10.2. The molecular formula is C13H26. The summed E-state index contributed by atoms with van der Waals surface area (Å²) in [6.45, 7) is 14.5. The van der Waals surface area contributed by atoms with Gasteiger partial charge in [0.1, 0.15) is 0 Å². The Balaban J connectivity index is 2.74. The SMILES string of the molecule is CC(C)C1CC(C)C(C)C1C(C)C. The number of rotatable bonds is 2. The Morgan fingerprint density at radius 1 is 0.923 bits per heavy atom. The van der Waals surface area contributed by atoms with Crippen molar-refractivity contribution in [2.45, 2.75) is 48.0 Å². The van der Waals surface area contributed by atoms with Crippen LogP contribution in [0.1, 0.15) is 48.0 Å². The smallest absolute Gasteiger partial charge is 0.0332 e. The lowest BCUT2D eigenvalue weighted by Crippen LogP contribution is -2.23. The Kier molecular flexibility index (Phi) is 3.43. The van der Waals surface area contributed by atoms with Crippen LogP contribution in [0.25, 0.3) is 0 Å². The van der Waals surface area contributed by atoms with E-state index in [0.29, 0.717) is 0 Å². The lowest BCUT2D eigenvalue weighted by atomic mass is 9.76. The fraction of sp³-hybridized carbons (Fsp3) is 1.00. The normalized spacial score (nSPS) is 40.6. The average molecular weight is 182 g/mol. The molecule has 0 radical (unpaired) electrons. The first kappa shape index (κ1) is 11.1. The van der Waals surface area contributed by atoms with E-state index in [9.17, 15) is 0 Å². The Morgan fingerprint density at radius 2 is 1.46 bits per heavy atom. The molecular weight excluding hydrogens is 156 g/mol. The van der Waals surface area contributed by atoms with Gasteiger partial charge in [-0.05, 0) is 41.9 Å². The molecule has 4 atom stereocenters. The van der Waals surface area contributed by atoms with Gasteiger partial charge in [-0.3, -0.25) is 0 Å². The van der Waals surface area contributed by atoms with Crippen LogP contribution in [0, 0.1) is 35.5 Å². The topological polar surface area (TPSA) is 0 Å². The van der Waals surface area contributed by atoms with Gasteiger partial charge in [-0.1, -0.05) is 41.5 Å². The Labute approximate surface area is 84.1 Å². The summed E-state index contributed by atoms with van der Waals surface area (Å²) >= 11 is 0. The maximum atomic E-state index is 2.46. The van der Waals surface area contributed by atoms with Crippen molar-refractivity contribution in [3.8, 4) is 0 Å².